The van der Waals surface area contributed by atoms with Crippen LogP contribution < -0.4 is 10.7 Å². The Balaban J connectivity index is 1.84. The summed E-state index contributed by atoms with van der Waals surface area (Å²) in [5, 5.41) is 6.43. The highest BCUT2D eigenvalue weighted by atomic mass is 32.2. The summed E-state index contributed by atoms with van der Waals surface area (Å²) in [4.78, 5) is 23.0. The van der Waals surface area contributed by atoms with E-state index in [-0.39, 0.29) is 23.1 Å². The van der Waals surface area contributed by atoms with Gasteiger partial charge in [0.2, 0.25) is 5.91 Å². The van der Waals surface area contributed by atoms with Crippen LogP contribution in [-0.2, 0) is 25.8 Å². The molecule has 2 N–H and O–H groups in total. The fraction of sp³-hybridized carbons (Fsp3) is 0.357. The summed E-state index contributed by atoms with van der Waals surface area (Å²) in [5.41, 5.74) is 3.51. The number of carbonyl (C=O) groups excluding carboxylic acids is 2. The van der Waals surface area contributed by atoms with Crippen LogP contribution in [0, 0.1) is 0 Å². The second kappa shape index (κ2) is 6.69. The number of rotatable bonds is 5. The van der Waals surface area contributed by atoms with Gasteiger partial charge in [-0.2, -0.15) is 5.10 Å². The number of benzene rings is 1. The summed E-state index contributed by atoms with van der Waals surface area (Å²) in [6.07, 6.45) is 2.33. The minimum Gasteiger partial charge on any atom is -0.351 e. The number of carbonyl (C=O) groups is 2. The SMILES string of the molecule is CS(=O)(=O)c1ccc(CCNC(=O)C2=NNC(=O)CC2)cc1. The first-order valence-corrected chi connectivity index (χ1v) is 8.68. The van der Waals surface area contributed by atoms with Gasteiger partial charge in [0.05, 0.1) is 4.90 Å². The molecule has 1 aliphatic rings. The zero-order chi connectivity index (χ0) is 16.2. The molecule has 1 heterocycles. The fourth-order valence-electron chi connectivity index (χ4n) is 1.96. The smallest absolute Gasteiger partial charge is 0.267 e. The quantitative estimate of drug-likeness (QED) is 0.796. The van der Waals surface area contributed by atoms with Gasteiger partial charge in [-0.1, -0.05) is 12.1 Å². The molecule has 0 saturated carbocycles. The van der Waals surface area contributed by atoms with Crippen molar-refractivity contribution in [3.63, 3.8) is 0 Å². The van der Waals surface area contributed by atoms with Gasteiger partial charge in [-0.05, 0) is 24.1 Å². The molecule has 0 radical (unpaired) electrons. The first kappa shape index (κ1) is 16.2. The van der Waals surface area contributed by atoms with Crippen molar-refractivity contribution >= 4 is 27.4 Å². The normalized spacial score (nSPS) is 15.0. The lowest BCUT2D eigenvalue weighted by molar-refractivity contribution is -0.121. The number of hydrazone groups is 1. The standard InChI is InChI=1S/C14H17N3O4S/c1-22(20,21)11-4-2-10(3-5-11)8-9-15-14(19)12-6-7-13(18)17-16-12/h2-5H,6-9H2,1H3,(H,15,19)(H,17,18). The van der Waals surface area contributed by atoms with E-state index in [9.17, 15) is 18.0 Å². The van der Waals surface area contributed by atoms with Gasteiger partial charge in [0, 0.05) is 25.6 Å². The van der Waals surface area contributed by atoms with Crippen molar-refractivity contribution in [2.24, 2.45) is 5.10 Å². The number of amides is 2. The Hall–Kier alpha value is -2.22. The predicted octanol–water partition coefficient (Wildman–Crippen LogP) is 0.0148. The minimum atomic E-state index is -3.19. The molecule has 0 spiro atoms. The third-order valence-corrected chi connectivity index (χ3v) is 4.35. The van der Waals surface area contributed by atoms with Crippen LogP contribution in [0.2, 0.25) is 0 Å². The molecule has 1 aromatic carbocycles. The van der Waals surface area contributed by atoms with Crippen molar-refractivity contribution in [3.8, 4) is 0 Å². The molecule has 118 valence electrons. The van der Waals surface area contributed by atoms with E-state index >= 15 is 0 Å². The molecule has 2 amide bonds. The van der Waals surface area contributed by atoms with Gasteiger partial charge in [-0.25, -0.2) is 13.8 Å². The Morgan fingerprint density at radius 2 is 1.95 bits per heavy atom. The molecule has 7 nitrogen and oxygen atoms in total. The number of sulfone groups is 1. The molecule has 0 unspecified atom stereocenters. The second-order valence-electron chi connectivity index (χ2n) is 5.02. The average molecular weight is 323 g/mol. The van der Waals surface area contributed by atoms with Gasteiger partial charge in [0.1, 0.15) is 5.71 Å². The molecule has 8 heteroatoms. The van der Waals surface area contributed by atoms with Gasteiger partial charge in [0.15, 0.2) is 9.84 Å². The largest absolute Gasteiger partial charge is 0.351 e. The van der Waals surface area contributed by atoms with Crippen LogP contribution in [0.3, 0.4) is 0 Å². The van der Waals surface area contributed by atoms with E-state index < -0.39 is 9.84 Å². The Bertz CT molecular complexity index is 708. The Morgan fingerprint density at radius 1 is 1.27 bits per heavy atom. The molecule has 0 aliphatic carbocycles. The summed E-state index contributed by atoms with van der Waals surface area (Å²) in [6.45, 7) is 0.407. The molecule has 2 rings (SSSR count). The van der Waals surface area contributed by atoms with Crippen molar-refractivity contribution in [1.29, 1.82) is 0 Å². The van der Waals surface area contributed by atoms with Crippen LogP contribution in [0.25, 0.3) is 0 Å². The van der Waals surface area contributed by atoms with E-state index in [2.05, 4.69) is 15.8 Å². The van der Waals surface area contributed by atoms with Crippen molar-refractivity contribution in [3.05, 3.63) is 29.8 Å². The van der Waals surface area contributed by atoms with Crippen molar-refractivity contribution in [1.82, 2.24) is 10.7 Å². The fourth-order valence-corrected chi connectivity index (χ4v) is 2.59. The van der Waals surface area contributed by atoms with Gasteiger partial charge >= 0.3 is 0 Å². The summed E-state index contributed by atoms with van der Waals surface area (Å²) < 4.78 is 22.7. The number of hydrogen-bond donors (Lipinski definition) is 2. The second-order valence-corrected chi connectivity index (χ2v) is 7.03. The van der Waals surface area contributed by atoms with Gasteiger partial charge in [-0.3, -0.25) is 9.59 Å². The maximum absolute atomic E-state index is 11.8. The number of nitrogens with zero attached hydrogens (tertiary/aromatic N) is 1. The maximum atomic E-state index is 11.8. The summed E-state index contributed by atoms with van der Waals surface area (Å²) in [6, 6.07) is 6.54. The molecule has 0 atom stereocenters. The van der Waals surface area contributed by atoms with Gasteiger partial charge in [-0.15, -0.1) is 0 Å². The van der Waals surface area contributed by atoms with Crippen molar-refractivity contribution < 1.29 is 18.0 Å². The lowest BCUT2D eigenvalue weighted by atomic mass is 10.1. The molecule has 0 aromatic heterocycles. The zero-order valence-electron chi connectivity index (χ0n) is 12.1. The number of nitrogens with one attached hydrogen (secondary N) is 2. The van der Waals surface area contributed by atoms with Crippen LogP contribution in [0.1, 0.15) is 18.4 Å². The molecule has 0 fully saturated rings. The molecule has 1 aliphatic heterocycles. The van der Waals surface area contributed by atoms with Crippen LogP contribution >= 0.6 is 0 Å². The predicted molar refractivity (Wildman–Crippen MR) is 81.1 cm³/mol. The van der Waals surface area contributed by atoms with Crippen molar-refractivity contribution in [2.45, 2.75) is 24.2 Å². The lowest BCUT2D eigenvalue weighted by Gasteiger charge is -2.12. The molecular weight excluding hydrogens is 306 g/mol. The Morgan fingerprint density at radius 3 is 2.50 bits per heavy atom. The minimum absolute atomic E-state index is 0.192. The van der Waals surface area contributed by atoms with E-state index in [4.69, 9.17) is 0 Å². The molecular formula is C14H17N3O4S. The van der Waals surface area contributed by atoms with Crippen molar-refractivity contribution in [2.75, 3.05) is 12.8 Å². The Labute approximate surface area is 128 Å². The first-order valence-electron chi connectivity index (χ1n) is 6.79. The van der Waals surface area contributed by atoms with Crippen LogP contribution in [0.4, 0.5) is 0 Å². The topological polar surface area (TPSA) is 105 Å². The van der Waals surface area contributed by atoms with E-state index in [0.717, 1.165) is 11.8 Å². The molecule has 22 heavy (non-hydrogen) atoms. The summed E-state index contributed by atoms with van der Waals surface area (Å²) >= 11 is 0. The lowest BCUT2D eigenvalue weighted by Crippen LogP contribution is -2.37. The third-order valence-electron chi connectivity index (χ3n) is 3.22. The van der Waals surface area contributed by atoms with E-state index in [0.29, 0.717) is 25.1 Å². The highest BCUT2D eigenvalue weighted by molar-refractivity contribution is 7.90. The van der Waals surface area contributed by atoms with Crippen LogP contribution in [0.15, 0.2) is 34.3 Å². The maximum Gasteiger partial charge on any atom is 0.267 e. The first-order chi connectivity index (χ1) is 10.4. The number of hydrogen-bond acceptors (Lipinski definition) is 5. The molecule has 1 aromatic rings. The average Bonchev–Trinajstić information content (AvgIpc) is 2.47. The van der Waals surface area contributed by atoms with Crippen LogP contribution in [0.5, 0.6) is 0 Å². The highest BCUT2D eigenvalue weighted by Crippen LogP contribution is 2.10. The summed E-state index contributed by atoms with van der Waals surface area (Å²) in [5.74, 6) is -0.490. The third kappa shape index (κ3) is 4.39. The van der Waals surface area contributed by atoms with Crippen LogP contribution in [-0.4, -0.2) is 38.7 Å². The van der Waals surface area contributed by atoms with Gasteiger partial charge < -0.3 is 5.32 Å². The molecule has 0 bridgehead atoms. The summed E-state index contributed by atoms with van der Waals surface area (Å²) in [7, 11) is -3.19. The monoisotopic (exact) mass is 323 g/mol. The zero-order valence-corrected chi connectivity index (χ0v) is 12.9. The molecule has 0 saturated heterocycles. The van der Waals surface area contributed by atoms with Gasteiger partial charge in [0.25, 0.3) is 5.91 Å². The Kier molecular flexibility index (Phi) is 4.92. The van der Waals surface area contributed by atoms with E-state index in [1.165, 1.54) is 0 Å². The van der Waals surface area contributed by atoms with E-state index in [1.54, 1.807) is 24.3 Å². The van der Waals surface area contributed by atoms with E-state index in [1.807, 2.05) is 0 Å². The highest BCUT2D eigenvalue weighted by Gasteiger charge is 2.17.